The molecule has 0 aliphatic heterocycles. The maximum Gasteiger partial charge on any atom is 0.306 e. The Hall–Kier alpha value is -1.97. The third kappa shape index (κ3) is 9.81. The second-order valence-corrected chi connectivity index (χ2v) is 11.6. The van der Waals surface area contributed by atoms with E-state index in [0.29, 0.717) is 32.3 Å². The number of aliphatic hydroxyl groups is 1. The Morgan fingerprint density at radius 2 is 1.85 bits per heavy atom. The van der Waals surface area contributed by atoms with Gasteiger partial charge in [-0.2, -0.15) is 0 Å². The normalized spacial score (nSPS) is 13.9. The smallest absolute Gasteiger partial charge is 0.306 e. The van der Waals surface area contributed by atoms with E-state index in [-0.39, 0.29) is 36.4 Å². The lowest BCUT2D eigenvalue weighted by Gasteiger charge is -2.31. The van der Waals surface area contributed by atoms with Crippen molar-refractivity contribution in [3.8, 4) is 0 Å². The number of esters is 1. The van der Waals surface area contributed by atoms with Crippen LogP contribution in [-0.4, -0.2) is 57.2 Å². The van der Waals surface area contributed by atoms with Crippen LogP contribution in [0.3, 0.4) is 0 Å². The Bertz CT molecular complexity index is 885. The minimum Gasteiger partial charge on any atom is -0.466 e. The number of hydrogen-bond acceptors (Lipinski definition) is 7. The zero-order valence-corrected chi connectivity index (χ0v) is 21.4. The van der Waals surface area contributed by atoms with E-state index >= 15 is 0 Å². The minimum absolute atomic E-state index is 0.0106. The topological polar surface area (TPSA) is 122 Å². The minimum atomic E-state index is -3.33. The van der Waals surface area contributed by atoms with Gasteiger partial charge in [-0.25, -0.2) is 13.8 Å². The molecule has 188 valence electrons. The lowest BCUT2D eigenvalue weighted by atomic mass is 9.75. The first-order valence-electron chi connectivity index (χ1n) is 11.4. The molecule has 0 radical (unpaired) electrons. The van der Waals surface area contributed by atoms with Crippen LogP contribution < -0.4 is 10.9 Å². The van der Waals surface area contributed by atoms with Gasteiger partial charge in [-0.15, -0.1) is 0 Å². The van der Waals surface area contributed by atoms with Crippen molar-refractivity contribution >= 4 is 21.7 Å². The third-order valence-corrected chi connectivity index (χ3v) is 7.80. The van der Waals surface area contributed by atoms with Crippen molar-refractivity contribution in [3.05, 3.63) is 35.4 Å². The average molecular weight is 485 g/mol. The van der Waals surface area contributed by atoms with E-state index in [1.807, 2.05) is 45.0 Å². The van der Waals surface area contributed by atoms with Crippen molar-refractivity contribution in [1.29, 1.82) is 0 Å². The first-order chi connectivity index (χ1) is 15.4. The van der Waals surface area contributed by atoms with Gasteiger partial charge in [0.05, 0.1) is 30.1 Å². The number of hydrogen-bond donors (Lipinski definition) is 3. The van der Waals surface area contributed by atoms with Gasteiger partial charge in [-0.1, -0.05) is 44.5 Å². The molecule has 0 saturated carbocycles. The summed E-state index contributed by atoms with van der Waals surface area (Å²) in [4.78, 5) is 24.7. The molecule has 0 spiro atoms. The number of sulfone groups is 1. The number of nitrogens with one attached hydrogen (secondary N) is 2. The van der Waals surface area contributed by atoms with Crippen LogP contribution in [0.25, 0.3) is 0 Å². The molecule has 0 saturated heterocycles. The summed E-state index contributed by atoms with van der Waals surface area (Å²) in [5.74, 6) is -0.684. The molecule has 1 aromatic carbocycles. The standard InChI is InChI=1S/C24H40N2O6S/c1-6-32-21(28)12-11-19-9-7-10-20(17-19)24(4,22(29)26-25-5)14-8-13-23(2,3)18-33(30,31)16-15-27/h7,9-10,17,25,27H,6,8,11-16,18H2,1-5H3,(H,26,29). The van der Waals surface area contributed by atoms with Crippen LogP contribution >= 0.6 is 0 Å². The Kier molecular flexibility index (Phi) is 11.5. The van der Waals surface area contributed by atoms with Crippen LogP contribution in [0.4, 0.5) is 0 Å². The van der Waals surface area contributed by atoms with Crippen molar-refractivity contribution in [3.63, 3.8) is 0 Å². The molecule has 9 heteroatoms. The highest BCUT2D eigenvalue weighted by molar-refractivity contribution is 7.91. The van der Waals surface area contributed by atoms with Crippen LogP contribution in [0.15, 0.2) is 24.3 Å². The summed E-state index contributed by atoms with van der Waals surface area (Å²) < 4.78 is 29.3. The summed E-state index contributed by atoms with van der Waals surface area (Å²) in [7, 11) is -1.70. The largest absolute Gasteiger partial charge is 0.466 e. The summed E-state index contributed by atoms with van der Waals surface area (Å²) in [6.45, 7) is 7.39. The maximum absolute atomic E-state index is 13.0. The SMILES string of the molecule is CCOC(=O)CCc1cccc(C(C)(CCCC(C)(C)CS(=O)(=O)CCO)C(=O)NNC)c1. The molecular weight excluding hydrogens is 444 g/mol. The fourth-order valence-electron chi connectivity index (χ4n) is 3.99. The number of benzene rings is 1. The number of aryl methyl sites for hydroxylation is 1. The Balaban J connectivity index is 2.99. The molecule has 1 unspecified atom stereocenters. The molecule has 1 rings (SSSR count). The first kappa shape index (κ1) is 29.1. The van der Waals surface area contributed by atoms with Crippen LogP contribution in [0.5, 0.6) is 0 Å². The zero-order chi connectivity index (χ0) is 25.1. The van der Waals surface area contributed by atoms with Gasteiger partial charge in [-0.3, -0.25) is 15.0 Å². The second kappa shape index (κ2) is 13.1. The number of carbonyl (C=O) groups excluding carboxylic acids is 2. The number of rotatable bonds is 15. The van der Waals surface area contributed by atoms with Crippen molar-refractivity contribution in [1.82, 2.24) is 10.9 Å². The predicted octanol–water partition coefficient (Wildman–Crippen LogP) is 2.29. The van der Waals surface area contributed by atoms with E-state index in [0.717, 1.165) is 11.1 Å². The van der Waals surface area contributed by atoms with Crippen LogP contribution in [0.1, 0.15) is 64.5 Å². The Labute approximate surface area is 198 Å². The fraction of sp³-hybridized carbons (Fsp3) is 0.667. The summed E-state index contributed by atoms with van der Waals surface area (Å²) in [6.07, 6.45) is 2.57. The van der Waals surface area contributed by atoms with E-state index < -0.39 is 20.7 Å². The van der Waals surface area contributed by atoms with Crippen molar-refractivity contribution in [2.75, 3.05) is 31.8 Å². The number of carbonyl (C=O) groups is 2. The lowest BCUT2D eigenvalue weighted by molar-refractivity contribution is -0.143. The van der Waals surface area contributed by atoms with Crippen molar-refractivity contribution in [2.24, 2.45) is 5.41 Å². The summed E-state index contributed by atoms with van der Waals surface area (Å²) in [5, 5.41) is 8.98. The highest BCUT2D eigenvalue weighted by Gasteiger charge is 2.36. The van der Waals surface area contributed by atoms with Crippen molar-refractivity contribution in [2.45, 2.75) is 65.2 Å². The van der Waals surface area contributed by atoms with Crippen LogP contribution in [0, 0.1) is 5.41 Å². The Morgan fingerprint density at radius 1 is 1.15 bits per heavy atom. The maximum atomic E-state index is 13.0. The van der Waals surface area contributed by atoms with Gasteiger partial charge in [0.15, 0.2) is 9.84 Å². The molecule has 0 aliphatic rings. The number of amides is 1. The highest BCUT2D eigenvalue weighted by atomic mass is 32.2. The highest BCUT2D eigenvalue weighted by Crippen LogP contribution is 2.34. The van der Waals surface area contributed by atoms with E-state index in [1.165, 1.54) is 0 Å². The van der Waals surface area contributed by atoms with E-state index in [9.17, 15) is 18.0 Å². The molecule has 0 aromatic heterocycles. The predicted molar refractivity (Wildman–Crippen MR) is 129 cm³/mol. The van der Waals surface area contributed by atoms with Gasteiger partial charge >= 0.3 is 5.97 Å². The zero-order valence-electron chi connectivity index (χ0n) is 20.6. The van der Waals surface area contributed by atoms with E-state index in [2.05, 4.69) is 10.9 Å². The third-order valence-electron chi connectivity index (χ3n) is 5.77. The molecule has 33 heavy (non-hydrogen) atoms. The second-order valence-electron chi connectivity index (χ2n) is 9.38. The van der Waals surface area contributed by atoms with Crippen molar-refractivity contribution < 1.29 is 27.9 Å². The van der Waals surface area contributed by atoms with Gasteiger partial charge in [0.2, 0.25) is 5.91 Å². The molecule has 8 nitrogen and oxygen atoms in total. The van der Waals surface area contributed by atoms with Crippen LogP contribution in [-0.2, 0) is 36.0 Å². The van der Waals surface area contributed by atoms with E-state index in [1.54, 1.807) is 14.0 Å². The number of ether oxygens (including phenoxy) is 1. The van der Waals surface area contributed by atoms with E-state index in [4.69, 9.17) is 9.84 Å². The molecule has 0 aliphatic carbocycles. The summed E-state index contributed by atoms with van der Waals surface area (Å²) in [5.41, 5.74) is 5.85. The van der Waals surface area contributed by atoms with Gasteiger partial charge in [-0.05, 0) is 49.7 Å². The molecule has 1 atom stereocenters. The molecule has 3 N–H and O–H groups in total. The molecule has 1 amide bonds. The fourth-order valence-corrected chi connectivity index (χ4v) is 5.75. The van der Waals surface area contributed by atoms with Gasteiger partial charge < -0.3 is 9.84 Å². The average Bonchev–Trinajstić information content (AvgIpc) is 2.71. The molecule has 1 aromatic rings. The van der Waals surface area contributed by atoms with Gasteiger partial charge in [0, 0.05) is 13.5 Å². The molecule has 0 heterocycles. The number of hydrazine groups is 1. The summed E-state index contributed by atoms with van der Waals surface area (Å²) in [6, 6.07) is 7.66. The number of aliphatic hydroxyl groups excluding tert-OH is 1. The lowest BCUT2D eigenvalue weighted by Crippen LogP contribution is -2.47. The molecule has 0 fully saturated rings. The summed E-state index contributed by atoms with van der Waals surface area (Å²) >= 11 is 0. The first-order valence-corrected chi connectivity index (χ1v) is 13.2. The quantitative estimate of drug-likeness (QED) is 0.258. The van der Waals surface area contributed by atoms with Gasteiger partial charge in [0.1, 0.15) is 0 Å². The van der Waals surface area contributed by atoms with Crippen LogP contribution in [0.2, 0.25) is 0 Å². The molecule has 0 bridgehead atoms. The Morgan fingerprint density at radius 3 is 2.45 bits per heavy atom. The molecular formula is C24H40N2O6S. The van der Waals surface area contributed by atoms with Gasteiger partial charge in [0.25, 0.3) is 0 Å². The monoisotopic (exact) mass is 484 g/mol.